The maximum absolute atomic E-state index is 12.4. The van der Waals surface area contributed by atoms with Crippen molar-refractivity contribution in [3.8, 4) is 5.75 Å². The van der Waals surface area contributed by atoms with E-state index < -0.39 is 11.0 Å². The van der Waals surface area contributed by atoms with Crippen LogP contribution in [0, 0.1) is 5.41 Å². The summed E-state index contributed by atoms with van der Waals surface area (Å²) in [5.74, 6) is 1.01. The van der Waals surface area contributed by atoms with Crippen molar-refractivity contribution in [3.05, 3.63) is 40.8 Å². The Morgan fingerprint density at radius 2 is 2.09 bits per heavy atom. The number of carbonyl (C=O) groups is 1. The predicted molar refractivity (Wildman–Crippen MR) is 94.0 cm³/mol. The van der Waals surface area contributed by atoms with Crippen molar-refractivity contribution in [2.75, 3.05) is 12.3 Å². The minimum absolute atomic E-state index is 0.287. The second-order valence-electron chi connectivity index (χ2n) is 5.60. The van der Waals surface area contributed by atoms with Crippen LogP contribution in [0.4, 0.5) is 0 Å². The molecular formula is C16H19NO4SSe. The van der Waals surface area contributed by atoms with E-state index in [4.69, 9.17) is 14.9 Å². The van der Waals surface area contributed by atoms with Gasteiger partial charge in [0, 0.05) is 0 Å². The Balaban J connectivity index is 2.05. The number of hydrogen-bond acceptors (Lipinski definition) is 6. The molecule has 0 radical (unpaired) electrons. The van der Waals surface area contributed by atoms with Crippen LogP contribution in [-0.2, 0) is 4.79 Å². The third kappa shape index (κ3) is 5.11. The van der Waals surface area contributed by atoms with Gasteiger partial charge in [-0.15, -0.1) is 0 Å². The summed E-state index contributed by atoms with van der Waals surface area (Å²) in [4.78, 5) is 23.6. The molecule has 0 aliphatic carbocycles. The number of hydrogen-bond donors (Lipinski definition) is 1. The molecule has 1 aromatic heterocycles. The van der Waals surface area contributed by atoms with E-state index in [1.807, 2.05) is 13.8 Å². The van der Waals surface area contributed by atoms with Crippen LogP contribution >= 0.6 is 10.2 Å². The van der Waals surface area contributed by atoms with Gasteiger partial charge in [0.1, 0.15) is 0 Å². The molecule has 0 aliphatic heterocycles. The molecule has 0 fully saturated rings. The molecule has 1 heterocycles. The molecule has 0 spiro atoms. The van der Waals surface area contributed by atoms with E-state index in [2.05, 4.69) is 0 Å². The van der Waals surface area contributed by atoms with Crippen molar-refractivity contribution in [1.82, 2.24) is 0 Å². The molecule has 0 bridgehead atoms. The first-order chi connectivity index (χ1) is 10.9. The van der Waals surface area contributed by atoms with Crippen molar-refractivity contribution in [2.45, 2.75) is 19.2 Å². The van der Waals surface area contributed by atoms with Crippen molar-refractivity contribution >= 4 is 41.0 Å². The Bertz CT molecular complexity index is 744. The fourth-order valence-electron chi connectivity index (χ4n) is 1.70. The van der Waals surface area contributed by atoms with Crippen molar-refractivity contribution < 1.29 is 13.9 Å². The maximum atomic E-state index is 12.4. The number of fused-ring (bicyclic) bond motifs is 1. The molecular weight excluding hydrogens is 381 g/mol. The molecule has 2 aromatic rings. The molecule has 23 heavy (non-hydrogen) atoms. The molecule has 0 saturated heterocycles. The van der Waals surface area contributed by atoms with Gasteiger partial charge >= 0.3 is 144 Å². The Hall–Kier alpha value is -1.27. The fraction of sp³-hybridized carbons (Fsp3) is 0.375. The Morgan fingerprint density at radius 3 is 2.83 bits per heavy atom. The summed E-state index contributed by atoms with van der Waals surface area (Å²) in [7, 11) is 1.79. The first kappa shape index (κ1) is 18.1. The summed E-state index contributed by atoms with van der Waals surface area (Å²) in [6, 6.07) is 8.06. The molecule has 0 amide bonds. The van der Waals surface area contributed by atoms with Crippen LogP contribution in [0.5, 0.6) is 5.75 Å². The van der Waals surface area contributed by atoms with Crippen LogP contribution in [0.1, 0.15) is 13.8 Å². The third-order valence-electron chi connectivity index (χ3n) is 3.06. The first-order valence-electron chi connectivity index (χ1n) is 7.13. The van der Waals surface area contributed by atoms with E-state index in [-0.39, 0.29) is 19.8 Å². The number of nitrogens with two attached hydrogens (primary N) is 1. The van der Waals surface area contributed by atoms with Gasteiger partial charge in [0.15, 0.2) is 0 Å². The van der Waals surface area contributed by atoms with Gasteiger partial charge < -0.3 is 0 Å². The molecule has 0 aliphatic rings. The zero-order valence-electron chi connectivity index (χ0n) is 13.0. The summed E-state index contributed by atoms with van der Waals surface area (Å²) in [5.41, 5.74) is 4.88. The zero-order valence-corrected chi connectivity index (χ0v) is 15.6. The average molecular weight is 400 g/mol. The molecule has 0 saturated carbocycles. The number of esters is 1. The molecule has 0 atom stereocenters. The summed E-state index contributed by atoms with van der Waals surface area (Å²) < 4.78 is 10.6. The van der Waals surface area contributed by atoms with E-state index in [1.54, 1.807) is 34.4 Å². The van der Waals surface area contributed by atoms with Crippen LogP contribution in [-0.4, -0.2) is 32.1 Å². The normalized spacial score (nSPS) is 11.6. The number of carbonyl (C=O) groups excluding carboxylic acids is 1. The number of ether oxygens (including phenoxy) is 1. The summed E-state index contributed by atoms with van der Waals surface area (Å²) in [6.45, 7) is 4.40. The summed E-state index contributed by atoms with van der Waals surface area (Å²) >= 11 is 0.290. The monoisotopic (exact) mass is 401 g/mol. The SMILES string of the molecule is CC(C)(C[Se]SCCN)C(=O)Oc1ccc2ccc(=O)oc2c1. The molecule has 0 unspecified atom stereocenters. The fourth-order valence-corrected chi connectivity index (χ4v) is 6.27. The third-order valence-corrected chi connectivity index (χ3v) is 8.10. The van der Waals surface area contributed by atoms with Gasteiger partial charge in [-0.05, 0) is 0 Å². The van der Waals surface area contributed by atoms with E-state index in [0.717, 1.165) is 16.5 Å². The first-order valence-corrected chi connectivity index (χ1v) is 11.3. The Morgan fingerprint density at radius 1 is 1.35 bits per heavy atom. The topological polar surface area (TPSA) is 82.5 Å². The quantitative estimate of drug-likeness (QED) is 0.253. The molecule has 2 rings (SSSR count). The van der Waals surface area contributed by atoms with Crippen LogP contribution < -0.4 is 16.1 Å². The Kier molecular flexibility index (Phi) is 6.30. The molecule has 2 N–H and O–H groups in total. The average Bonchev–Trinajstić information content (AvgIpc) is 2.51. The van der Waals surface area contributed by atoms with Gasteiger partial charge in [-0.3, -0.25) is 0 Å². The van der Waals surface area contributed by atoms with E-state index in [9.17, 15) is 9.59 Å². The van der Waals surface area contributed by atoms with Crippen LogP contribution in [0.2, 0.25) is 5.32 Å². The summed E-state index contributed by atoms with van der Waals surface area (Å²) in [5, 5.41) is 1.55. The molecule has 124 valence electrons. The van der Waals surface area contributed by atoms with Gasteiger partial charge in [-0.25, -0.2) is 0 Å². The minimum atomic E-state index is -0.561. The Labute approximate surface area is 144 Å². The molecule has 5 nitrogen and oxygen atoms in total. The van der Waals surface area contributed by atoms with E-state index in [0.29, 0.717) is 17.9 Å². The van der Waals surface area contributed by atoms with Crippen LogP contribution in [0.25, 0.3) is 11.0 Å². The molecule has 7 heteroatoms. The standard InChI is InChI=1S/C16H19NO4SSe/c1-16(2,10-23-22-8-7-17)15(19)20-12-5-3-11-4-6-14(18)21-13(11)9-12/h3-6,9H,7-8,10,17H2,1-2H3. The zero-order chi connectivity index (χ0) is 16.9. The van der Waals surface area contributed by atoms with Crippen molar-refractivity contribution in [1.29, 1.82) is 0 Å². The van der Waals surface area contributed by atoms with Gasteiger partial charge in [0.25, 0.3) is 0 Å². The van der Waals surface area contributed by atoms with Gasteiger partial charge in [0.05, 0.1) is 0 Å². The second kappa shape index (κ2) is 8.01. The van der Waals surface area contributed by atoms with Crippen LogP contribution in [0.15, 0.2) is 39.5 Å². The van der Waals surface area contributed by atoms with Gasteiger partial charge in [0.2, 0.25) is 0 Å². The van der Waals surface area contributed by atoms with E-state index in [1.165, 1.54) is 6.07 Å². The van der Waals surface area contributed by atoms with Crippen molar-refractivity contribution in [3.63, 3.8) is 0 Å². The summed E-state index contributed by atoms with van der Waals surface area (Å²) in [6.07, 6.45) is 0. The number of rotatable bonds is 7. The number of benzene rings is 1. The molecule has 1 aromatic carbocycles. The van der Waals surface area contributed by atoms with Crippen molar-refractivity contribution in [2.24, 2.45) is 11.1 Å². The predicted octanol–water partition coefficient (Wildman–Crippen LogP) is 2.45. The van der Waals surface area contributed by atoms with Crippen LogP contribution in [0.3, 0.4) is 0 Å². The van der Waals surface area contributed by atoms with Gasteiger partial charge in [-0.2, -0.15) is 0 Å². The van der Waals surface area contributed by atoms with Gasteiger partial charge in [-0.1, -0.05) is 0 Å². The van der Waals surface area contributed by atoms with E-state index >= 15 is 0 Å². The second-order valence-corrected chi connectivity index (χ2v) is 10.1.